The van der Waals surface area contributed by atoms with Crippen molar-refractivity contribution in [3.05, 3.63) is 89.0 Å². The first-order valence-corrected chi connectivity index (χ1v) is 12.0. The summed E-state index contributed by atoms with van der Waals surface area (Å²) in [7, 11) is -3.12. The van der Waals surface area contributed by atoms with Gasteiger partial charge >= 0.3 is 0 Å². The van der Waals surface area contributed by atoms with Crippen molar-refractivity contribution in [2.75, 3.05) is 11.5 Å². The quantitative estimate of drug-likeness (QED) is 0.540. The first-order valence-electron chi connectivity index (χ1n) is 9.83. The van der Waals surface area contributed by atoms with Gasteiger partial charge in [0.15, 0.2) is 9.84 Å². The lowest BCUT2D eigenvalue weighted by atomic mass is 10.0. The Morgan fingerprint density at radius 3 is 2.53 bits per heavy atom. The molecule has 0 aliphatic carbocycles. The lowest BCUT2D eigenvalue weighted by molar-refractivity contribution is -0.128. The second-order valence-electron chi connectivity index (χ2n) is 7.52. The summed E-state index contributed by atoms with van der Waals surface area (Å²) in [5, 5.41) is 2.72. The maximum absolute atomic E-state index is 13.2. The Kier molecular flexibility index (Phi) is 5.93. The minimum absolute atomic E-state index is 0.00341. The highest BCUT2D eigenvalue weighted by Crippen LogP contribution is 2.25. The van der Waals surface area contributed by atoms with E-state index in [-0.39, 0.29) is 23.5 Å². The van der Waals surface area contributed by atoms with E-state index < -0.39 is 9.84 Å². The van der Waals surface area contributed by atoms with Crippen molar-refractivity contribution in [3.63, 3.8) is 0 Å². The second kappa shape index (κ2) is 8.62. The van der Waals surface area contributed by atoms with E-state index in [1.807, 2.05) is 60.7 Å². The highest BCUT2D eigenvalue weighted by Gasteiger charge is 2.34. The standard InChI is InChI=1S/C24H22ClNO3S/c25-23-11-4-2-7-19(23)12-13-24(27)26(21-14-15-30(28,29)17-21)16-20-9-5-8-18-6-1-3-10-22(18)20/h1-13,21H,14-17H2/b13-12+/t21-/m0/s1. The molecular formula is C24H22ClNO3S. The van der Waals surface area contributed by atoms with Gasteiger partial charge in [-0.3, -0.25) is 4.79 Å². The molecule has 3 aromatic rings. The monoisotopic (exact) mass is 439 g/mol. The SMILES string of the molecule is O=C(/C=C/c1ccccc1Cl)N(Cc1cccc2ccccc12)[C@H]1CCS(=O)(=O)C1. The molecule has 1 heterocycles. The predicted octanol–water partition coefficient (Wildman–Crippen LogP) is 4.72. The molecule has 3 aromatic carbocycles. The first kappa shape index (κ1) is 20.6. The molecule has 0 bridgehead atoms. The van der Waals surface area contributed by atoms with E-state index in [0.717, 1.165) is 21.9 Å². The van der Waals surface area contributed by atoms with Crippen molar-refractivity contribution in [2.45, 2.75) is 19.0 Å². The number of hydrogen-bond donors (Lipinski definition) is 0. The van der Waals surface area contributed by atoms with Crippen LogP contribution in [0.4, 0.5) is 0 Å². The van der Waals surface area contributed by atoms with Crippen LogP contribution in [0.2, 0.25) is 5.02 Å². The van der Waals surface area contributed by atoms with Gasteiger partial charge in [-0.25, -0.2) is 8.42 Å². The van der Waals surface area contributed by atoms with Crippen molar-refractivity contribution in [3.8, 4) is 0 Å². The lowest BCUT2D eigenvalue weighted by Gasteiger charge is -2.28. The van der Waals surface area contributed by atoms with Crippen molar-refractivity contribution >= 4 is 44.2 Å². The van der Waals surface area contributed by atoms with Crippen LogP contribution in [-0.4, -0.2) is 36.8 Å². The zero-order valence-electron chi connectivity index (χ0n) is 16.4. The summed E-state index contributed by atoms with van der Waals surface area (Å²) < 4.78 is 24.2. The van der Waals surface area contributed by atoms with Gasteiger partial charge < -0.3 is 4.90 Å². The molecule has 0 aromatic heterocycles. The fourth-order valence-corrected chi connectivity index (χ4v) is 5.82. The molecular weight excluding hydrogens is 418 g/mol. The summed E-state index contributed by atoms with van der Waals surface area (Å²) in [4.78, 5) is 14.8. The van der Waals surface area contributed by atoms with Crippen molar-refractivity contribution in [1.82, 2.24) is 4.90 Å². The molecule has 30 heavy (non-hydrogen) atoms. The van der Waals surface area contributed by atoms with Gasteiger partial charge in [-0.15, -0.1) is 0 Å². The number of carbonyl (C=O) groups is 1. The van der Waals surface area contributed by atoms with Crippen LogP contribution >= 0.6 is 11.6 Å². The molecule has 4 nitrogen and oxygen atoms in total. The van der Waals surface area contributed by atoms with Crippen LogP contribution in [0.5, 0.6) is 0 Å². The summed E-state index contributed by atoms with van der Waals surface area (Å²) in [6, 6.07) is 20.9. The number of rotatable bonds is 5. The zero-order chi connectivity index (χ0) is 21.1. The molecule has 1 aliphatic heterocycles. The fourth-order valence-electron chi connectivity index (χ4n) is 3.89. The summed E-state index contributed by atoms with van der Waals surface area (Å²) in [5.74, 6) is -0.0979. The van der Waals surface area contributed by atoms with E-state index in [1.165, 1.54) is 6.08 Å². The molecule has 6 heteroatoms. The normalized spacial score (nSPS) is 18.1. The minimum atomic E-state index is -3.12. The smallest absolute Gasteiger partial charge is 0.247 e. The summed E-state index contributed by atoms with van der Waals surface area (Å²) >= 11 is 6.19. The van der Waals surface area contributed by atoms with Gasteiger partial charge in [0.25, 0.3) is 0 Å². The fraction of sp³-hybridized carbons (Fsp3) is 0.208. The van der Waals surface area contributed by atoms with Crippen LogP contribution in [-0.2, 0) is 21.2 Å². The molecule has 1 amide bonds. The predicted molar refractivity (Wildman–Crippen MR) is 122 cm³/mol. The van der Waals surface area contributed by atoms with Crippen molar-refractivity contribution in [2.24, 2.45) is 0 Å². The molecule has 0 spiro atoms. The maximum atomic E-state index is 13.2. The lowest BCUT2D eigenvalue weighted by Crippen LogP contribution is -2.39. The number of benzene rings is 3. The Balaban J connectivity index is 1.66. The molecule has 1 aliphatic rings. The van der Waals surface area contributed by atoms with Crippen LogP contribution in [0.15, 0.2) is 72.8 Å². The number of amides is 1. The third-order valence-electron chi connectivity index (χ3n) is 5.46. The van der Waals surface area contributed by atoms with Gasteiger partial charge in [-0.05, 0) is 40.5 Å². The number of sulfone groups is 1. The second-order valence-corrected chi connectivity index (χ2v) is 10.2. The third-order valence-corrected chi connectivity index (χ3v) is 7.56. The van der Waals surface area contributed by atoms with Gasteiger partial charge in [0.2, 0.25) is 5.91 Å². The Bertz CT molecular complexity index is 1210. The van der Waals surface area contributed by atoms with Crippen LogP contribution in [0.25, 0.3) is 16.8 Å². The Hall–Kier alpha value is -2.63. The first-order chi connectivity index (χ1) is 14.4. The highest BCUT2D eigenvalue weighted by atomic mass is 35.5. The van der Waals surface area contributed by atoms with E-state index in [4.69, 9.17) is 11.6 Å². The summed E-state index contributed by atoms with van der Waals surface area (Å²) in [6.45, 7) is 0.354. The Labute approximate surface area is 181 Å². The molecule has 0 unspecified atom stereocenters. The largest absolute Gasteiger partial charge is 0.331 e. The van der Waals surface area contributed by atoms with Gasteiger partial charge in [-0.1, -0.05) is 72.3 Å². The molecule has 1 saturated heterocycles. The molecule has 0 saturated carbocycles. The van der Waals surface area contributed by atoms with Gasteiger partial charge in [0.05, 0.1) is 11.5 Å². The summed E-state index contributed by atoms with van der Waals surface area (Å²) in [5.41, 5.74) is 1.74. The van der Waals surface area contributed by atoms with Gasteiger partial charge in [0.1, 0.15) is 0 Å². The number of nitrogens with zero attached hydrogens (tertiary/aromatic N) is 1. The average Bonchev–Trinajstić information content (AvgIpc) is 3.10. The van der Waals surface area contributed by atoms with E-state index in [1.54, 1.807) is 17.0 Å². The van der Waals surface area contributed by atoms with Crippen molar-refractivity contribution < 1.29 is 13.2 Å². The van der Waals surface area contributed by atoms with Crippen LogP contribution in [0.3, 0.4) is 0 Å². The van der Waals surface area contributed by atoms with E-state index in [0.29, 0.717) is 18.0 Å². The Morgan fingerprint density at radius 2 is 1.77 bits per heavy atom. The topological polar surface area (TPSA) is 54.5 Å². The van der Waals surface area contributed by atoms with Crippen molar-refractivity contribution in [1.29, 1.82) is 0 Å². The van der Waals surface area contributed by atoms with E-state index in [9.17, 15) is 13.2 Å². The summed E-state index contributed by atoms with van der Waals surface area (Å²) in [6.07, 6.45) is 3.63. The van der Waals surface area contributed by atoms with Crippen LogP contribution in [0, 0.1) is 0 Å². The van der Waals surface area contributed by atoms with Crippen LogP contribution in [0.1, 0.15) is 17.5 Å². The average molecular weight is 440 g/mol. The molecule has 154 valence electrons. The Morgan fingerprint density at radius 1 is 1.03 bits per heavy atom. The third kappa shape index (κ3) is 4.58. The number of hydrogen-bond acceptors (Lipinski definition) is 3. The maximum Gasteiger partial charge on any atom is 0.247 e. The molecule has 0 radical (unpaired) electrons. The highest BCUT2D eigenvalue weighted by molar-refractivity contribution is 7.91. The minimum Gasteiger partial charge on any atom is -0.331 e. The van der Waals surface area contributed by atoms with E-state index >= 15 is 0 Å². The van der Waals surface area contributed by atoms with Crippen LogP contribution < -0.4 is 0 Å². The number of halogens is 1. The zero-order valence-corrected chi connectivity index (χ0v) is 17.9. The molecule has 4 rings (SSSR count). The number of fused-ring (bicyclic) bond motifs is 1. The van der Waals surface area contributed by atoms with Gasteiger partial charge in [0, 0.05) is 23.7 Å². The van der Waals surface area contributed by atoms with E-state index in [2.05, 4.69) is 0 Å². The molecule has 0 N–H and O–H groups in total. The molecule has 1 fully saturated rings. The van der Waals surface area contributed by atoms with Gasteiger partial charge in [-0.2, -0.15) is 0 Å². The molecule has 1 atom stereocenters. The number of carbonyl (C=O) groups excluding carboxylic acids is 1.